The van der Waals surface area contributed by atoms with Gasteiger partial charge in [0.25, 0.3) is 0 Å². The molecule has 1 aliphatic rings. The predicted molar refractivity (Wildman–Crippen MR) is 137 cm³/mol. The number of hydrogen-bond donors (Lipinski definition) is 1. The molecule has 1 fully saturated rings. The number of anilines is 1. The second-order valence-corrected chi connectivity index (χ2v) is 9.79. The van der Waals surface area contributed by atoms with Crippen LogP contribution in [0.1, 0.15) is 37.8 Å². The van der Waals surface area contributed by atoms with Gasteiger partial charge in [0.2, 0.25) is 0 Å². The van der Waals surface area contributed by atoms with Crippen LogP contribution in [0.5, 0.6) is 5.75 Å². The number of carbonyl (C=O) groups excluding carboxylic acids is 1. The zero-order valence-corrected chi connectivity index (χ0v) is 20.3. The Balaban J connectivity index is 1.34. The fourth-order valence-corrected chi connectivity index (χ4v) is 4.59. The van der Waals surface area contributed by atoms with E-state index in [-0.39, 0.29) is 5.41 Å². The summed E-state index contributed by atoms with van der Waals surface area (Å²) in [5, 5.41) is 3.64. The zero-order valence-electron chi connectivity index (χ0n) is 19.5. The summed E-state index contributed by atoms with van der Waals surface area (Å²) < 4.78 is 5.49. The maximum Gasteiger partial charge on any atom is 0.412 e. The molecule has 3 aromatic carbocycles. The molecule has 0 unspecified atom stereocenters. The summed E-state index contributed by atoms with van der Waals surface area (Å²) in [6.45, 7) is 9.19. The molecule has 1 saturated heterocycles. The first-order valence-corrected chi connectivity index (χ1v) is 11.9. The molecule has 33 heavy (non-hydrogen) atoms. The van der Waals surface area contributed by atoms with E-state index in [2.05, 4.69) is 49.2 Å². The maximum atomic E-state index is 12.4. The van der Waals surface area contributed by atoms with E-state index in [1.54, 1.807) is 12.1 Å². The van der Waals surface area contributed by atoms with Crippen molar-refractivity contribution in [3.8, 4) is 16.9 Å². The van der Waals surface area contributed by atoms with E-state index in [1.165, 1.54) is 29.7 Å². The standard InChI is InChI=1S/C28H31ClN2O2/c1-20-18-24(31-16-4-5-17-31)12-15-26(20)28(2,3)19-30-27(32)33-25-13-8-22(9-14-25)21-6-10-23(29)11-7-21/h6-15,18H,4-5,16-17,19H2,1-3H3,(H,30,32). The van der Waals surface area contributed by atoms with Crippen molar-refractivity contribution in [1.29, 1.82) is 0 Å². The minimum atomic E-state index is -0.450. The van der Waals surface area contributed by atoms with Gasteiger partial charge in [-0.1, -0.05) is 55.8 Å². The van der Waals surface area contributed by atoms with E-state index in [4.69, 9.17) is 16.3 Å². The predicted octanol–water partition coefficient (Wildman–Crippen LogP) is 6.98. The maximum absolute atomic E-state index is 12.4. The van der Waals surface area contributed by atoms with E-state index < -0.39 is 6.09 Å². The summed E-state index contributed by atoms with van der Waals surface area (Å²) in [4.78, 5) is 14.9. The second kappa shape index (κ2) is 9.88. The summed E-state index contributed by atoms with van der Waals surface area (Å²) in [6.07, 6.45) is 2.08. The SMILES string of the molecule is Cc1cc(N2CCCC2)ccc1C(C)(C)CNC(=O)Oc1ccc(-c2ccc(Cl)cc2)cc1. The Kier molecular flexibility index (Phi) is 6.94. The Morgan fingerprint density at radius 1 is 0.970 bits per heavy atom. The highest BCUT2D eigenvalue weighted by Crippen LogP contribution is 2.30. The van der Waals surface area contributed by atoms with Gasteiger partial charge in [0.05, 0.1) is 0 Å². The topological polar surface area (TPSA) is 41.6 Å². The average molecular weight is 463 g/mol. The van der Waals surface area contributed by atoms with Crippen LogP contribution in [0.15, 0.2) is 66.7 Å². The van der Waals surface area contributed by atoms with Crippen molar-refractivity contribution in [3.05, 3.63) is 82.9 Å². The molecule has 0 radical (unpaired) electrons. The molecule has 1 heterocycles. The van der Waals surface area contributed by atoms with E-state index in [0.29, 0.717) is 17.3 Å². The third kappa shape index (κ3) is 5.69. The molecular formula is C28H31ClN2O2. The average Bonchev–Trinajstić information content (AvgIpc) is 3.34. The van der Waals surface area contributed by atoms with Gasteiger partial charge in [0, 0.05) is 35.8 Å². The quantitative estimate of drug-likeness (QED) is 0.429. The van der Waals surface area contributed by atoms with Crippen molar-refractivity contribution in [2.75, 3.05) is 24.5 Å². The first-order valence-electron chi connectivity index (χ1n) is 11.5. The van der Waals surface area contributed by atoms with Crippen LogP contribution in [0.25, 0.3) is 11.1 Å². The van der Waals surface area contributed by atoms with Crippen molar-refractivity contribution >= 4 is 23.4 Å². The number of ether oxygens (including phenoxy) is 1. The van der Waals surface area contributed by atoms with Gasteiger partial charge in [-0.25, -0.2) is 4.79 Å². The summed E-state index contributed by atoms with van der Waals surface area (Å²) in [5.74, 6) is 0.508. The molecule has 0 aliphatic carbocycles. The third-order valence-corrected chi connectivity index (χ3v) is 6.58. The van der Waals surface area contributed by atoms with E-state index in [0.717, 1.165) is 24.2 Å². The molecular weight excluding hydrogens is 432 g/mol. The van der Waals surface area contributed by atoms with Crippen molar-refractivity contribution in [2.45, 2.75) is 39.0 Å². The fourth-order valence-electron chi connectivity index (χ4n) is 4.47. The van der Waals surface area contributed by atoms with Gasteiger partial charge in [-0.2, -0.15) is 0 Å². The minimum Gasteiger partial charge on any atom is -0.410 e. The monoisotopic (exact) mass is 462 g/mol. The Morgan fingerprint density at radius 2 is 1.58 bits per heavy atom. The first-order chi connectivity index (χ1) is 15.8. The minimum absolute atomic E-state index is 0.217. The lowest BCUT2D eigenvalue weighted by Crippen LogP contribution is -2.38. The largest absolute Gasteiger partial charge is 0.412 e. The number of nitrogens with one attached hydrogen (secondary N) is 1. The molecule has 3 aromatic rings. The Hall–Kier alpha value is -2.98. The van der Waals surface area contributed by atoms with Crippen molar-refractivity contribution in [2.24, 2.45) is 0 Å². The number of benzene rings is 3. The smallest absolute Gasteiger partial charge is 0.410 e. The highest BCUT2D eigenvalue weighted by Gasteiger charge is 2.24. The normalized spacial score (nSPS) is 13.8. The number of aryl methyl sites for hydroxylation is 1. The Labute approximate surface area is 201 Å². The molecule has 1 aliphatic heterocycles. The van der Waals surface area contributed by atoms with Crippen LogP contribution in [0.4, 0.5) is 10.5 Å². The lowest BCUT2D eigenvalue weighted by atomic mass is 9.82. The first kappa shape index (κ1) is 23.2. The number of rotatable bonds is 6. The molecule has 0 spiro atoms. The van der Waals surface area contributed by atoms with Crippen LogP contribution in [-0.4, -0.2) is 25.7 Å². The number of amides is 1. The molecule has 0 aromatic heterocycles. The van der Waals surface area contributed by atoms with Gasteiger partial charge < -0.3 is 15.0 Å². The van der Waals surface area contributed by atoms with Crippen molar-refractivity contribution in [3.63, 3.8) is 0 Å². The highest BCUT2D eigenvalue weighted by molar-refractivity contribution is 6.30. The van der Waals surface area contributed by atoms with Crippen LogP contribution < -0.4 is 15.0 Å². The molecule has 4 nitrogen and oxygen atoms in total. The number of hydrogen-bond acceptors (Lipinski definition) is 3. The van der Waals surface area contributed by atoms with Gasteiger partial charge in [-0.05, 0) is 78.4 Å². The number of carbonyl (C=O) groups is 1. The molecule has 0 atom stereocenters. The van der Waals surface area contributed by atoms with Crippen LogP contribution in [0.3, 0.4) is 0 Å². The van der Waals surface area contributed by atoms with Gasteiger partial charge in [0.15, 0.2) is 0 Å². The summed E-state index contributed by atoms with van der Waals surface area (Å²) in [6, 6.07) is 21.8. The van der Waals surface area contributed by atoms with E-state index in [1.807, 2.05) is 36.4 Å². The molecule has 0 bridgehead atoms. The van der Waals surface area contributed by atoms with Crippen LogP contribution in [0.2, 0.25) is 5.02 Å². The fraction of sp³-hybridized carbons (Fsp3) is 0.321. The summed E-state index contributed by atoms with van der Waals surface area (Å²) in [7, 11) is 0. The van der Waals surface area contributed by atoms with Crippen molar-refractivity contribution < 1.29 is 9.53 Å². The highest BCUT2D eigenvalue weighted by atomic mass is 35.5. The number of halogens is 1. The summed E-state index contributed by atoms with van der Waals surface area (Å²) >= 11 is 5.96. The van der Waals surface area contributed by atoms with Crippen molar-refractivity contribution in [1.82, 2.24) is 5.32 Å². The lowest BCUT2D eigenvalue weighted by Gasteiger charge is -2.28. The molecule has 5 heteroatoms. The summed E-state index contributed by atoms with van der Waals surface area (Å²) in [5.41, 5.74) is 5.65. The van der Waals surface area contributed by atoms with E-state index in [9.17, 15) is 4.79 Å². The molecule has 1 amide bonds. The van der Waals surface area contributed by atoms with Crippen LogP contribution in [-0.2, 0) is 5.41 Å². The molecule has 1 N–H and O–H groups in total. The molecule has 0 saturated carbocycles. The molecule has 172 valence electrons. The van der Waals surface area contributed by atoms with Gasteiger partial charge >= 0.3 is 6.09 Å². The zero-order chi connectivity index (χ0) is 23.4. The number of nitrogens with zero attached hydrogens (tertiary/aromatic N) is 1. The van der Waals surface area contributed by atoms with Gasteiger partial charge in [-0.15, -0.1) is 0 Å². The van der Waals surface area contributed by atoms with E-state index >= 15 is 0 Å². The third-order valence-electron chi connectivity index (χ3n) is 6.33. The second-order valence-electron chi connectivity index (χ2n) is 9.35. The van der Waals surface area contributed by atoms with Gasteiger partial charge in [0.1, 0.15) is 5.75 Å². The Bertz CT molecular complexity index is 1100. The van der Waals surface area contributed by atoms with Gasteiger partial charge in [-0.3, -0.25) is 0 Å². The lowest BCUT2D eigenvalue weighted by molar-refractivity contribution is 0.198. The Morgan fingerprint density at radius 3 is 2.18 bits per heavy atom. The van der Waals surface area contributed by atoms with Crippen LogP contribution in [0, 0.1) is 6.92 Å². The van der Waals surface area contributed by atoms with Crippen LogP contribution >= 0.6 is 11.6 Å². The molecule has 4 rings (SSSR count).